The van der Waals surface area contributed by atoms with Crippen LogP contribution in [0.5, 0.6) is 23.0 Å². The standard InChI is InChI=1S/C51H67N11O8/c1-32(2)38-26-40(44(65)28-42(38)63)49(52)61(51(54)70)36-12-8-34(9-13-36)30-58-20-24-60(25-21-58)48(69)16-17-56-46(67)6-5-7-47(68)59-22-18-57(19-23-59)31-35-10-14-37(15-11-35)62(55)50(53)41-27-39(33(3)4)43(64)29-45(41)66/h8-15,26-29,32-33,52-53,63-66H,5-7,16-25,30-31,55H2,1-4H3,(H2,54,70)(H,56,67). The van der Waals surface area contributed by atoms with E-state index in [-0.39, 0.29) is 101 Å². The summed E-state index contributed by atoms with van der Waals surface area (Å²) >= 11 is 0. The van der Waals surface area contributed by atoms with Crippen LogP contribution < -0.4 is 26.8 Å². The molecule has 2 aliphatic rings. The van der Waals surface area contributed by atoms with Gasteiger partial charge in [0.15, 0.2) is 5.84 Å². The second-order valence-electron chi connectivity index (χ2n) is 18.5. The van der Waals surface area contributed by atoms with Gasteiger partial charge in [-0.1, -0.05) is 52.0 Å². The number of hydrogen-bond acceptors (Lipinski definition) is 13. The first-order chi connectivity index (χ1) is 33.3. The second-order valence-corrected chi connectivity index (χ2v) is 18.5. The van der Waals surface area contributed by atoms with E-state index in [9.17, 15) is 39.6 Å². The zero-order chi connectivity index (χ0) is 50.8. The first kappa shape index (κ1) is 52.2. The molecule has 5 amide bonds. The van der Waals surface area contributed by atoms with E-state index in [1.165, 1.54) is 17.1 Å². The minimum atomic E-state index is -0.899. The van der Waals surface area contributed by atoms with Crippen LogP contribution in [0.1, 0.15) is 98.6 Å². The van der Waals surface area contributed by atoms with E-state index < -0.39 is 6.03 Å². The number of piperazine rings is 2. The SMILES string of the molecule is CC(C)c1cc(C(=N)N(N)c2ccc(CN3CCN(C(=O)CCCC(=O)NCCC(=O)N4CCN(Cc5ccc(N(C(=N)c6cc(C(C)C)c(O)cc6O)C(N)=O)cc5)CC4)CC3)cc2)c(O)cc1O. The highest BCUT2D eigenvalue weighted by atomic mass is 16.3. The third kappa shape index (κ3) is 13.1. The van der Waals surface area contributed by atoms with Crippen molar-refractivity contribution in [1.29, 1.82) is 10.8 Å². The number of carbonyl (C=O) groups is 4. The van der Waals surface area contributed by atoms with Gasteiger partial charge in [-0.25, -0.2) is 15.5 Å². The number of rotatable bonds is 17. The highest BCUT2D eigenvalue weighted by molar-refractivity contribution is 6.22. The number of phenolic OH excluding ortho intramolecular Hbond substituents is 4. The molecule has 4 aromatic rings. The minimum Gasteiger partial charge on any atom is -0.508 e. The molecule has 70 heavy (non-hydrogen) atoms. The van der Waals surface area contributed by atoms with Gasteiger partial charge < -0.3 is 41.3 Å². The number of nitrogens with one attached hydrogen (secondary N) is 3. The number of nitrogens with two attached hydrogens (primary N) is 2. The number of phenols is 4. The molecule has 0 radical (unpaired) electrons. The molecule has 2 saturated heterocycles. The van der Waals surface area contributed by atoms with Crippen molar-refractivity contribution in [3.8, 4) is 23.0 Å². The number of benzene rings is 4. The van der Waals surface area contributed by atoms with E-state index in [0.717, 1.165) is 22.1 Å². The predicted octanol–water partition coefficient (Wildman–Crippen LogP) is 5.04. The van der Waals surface area contributed by atoms with Gasteiger partial charge in [0.1, 0.15) is 28.8 Å². The summed E-state index contributed by atoms with van der Waals surface area (Å²) in [7, 11) is 0. The number of carbonyl (C=O) groups excluding carboxylic acids is 4. The number of hydrazine groups is 1. The molecule has 2 aliphatic heterocycles. The average molecular weight is 962 g/mol. The third-order valence-electron chi connectivity index (χ3n) is 12.9. The predicted molar refractivity (Wildman–Crippen MR) is 268 cm³/mol. The van der Waals surface area contributed by atoms with E-state index >= 15 is 0 Å². The molecule has 19 nitrogen and oxygen atoms in total. The van der Waals surface area contributed by atoms with Crippen molar-refractivity contribution in [2.24, 2.45) is 11.6 Å². The maximum absolute atomic E-state index is 13.0. The first-order valence-electron chi connectivity index (χ1n) is 23.7. The van der Waals surface area contributed by atoms with E-state index in [2.05, 4.69) is 15.1 Å². The van der Waals surface area contributed by atoms with Crippen LogP contribution in [0, 0.1) is 10.8 Å². The Morgan fingerprint density at radius 3 is 1.47 bits per heavy atom. The van der Waals surface area contributed by atoms with Crippen LogP contribution in [0.4, 0.5) is 16.2 Å². The molecule has 0 unspecified atom stereocenters. The summed E-state index contributed by atoms with van der Waals surface area (Å²) in [6.45, 7) is 13.9. The molecule has 19 heteroatoms. The van der Waals surface area contributed by atoms with Crippen molar-refractivity contribution in [2.75, 3.05) is 68.8 Å². The zero-order valence-electron chi connectivity index (χ0n) is 40.4. The Morgan fingerprint density at radius 1 is 0.600 bits per heavy atom. The third-order valence-corrected chi connectivity index (χ3v) is 12.9. The number of amides is 5. The van der Waals surface area contributed by atoms with Gasteiger partial charge in [-0.05, 0) is 76.9 Å². The summed E-state index contributed by atoms with van der Waals surface area (Å²) in [6.07, 6.45) is 1.03. The fraction of sp³-hybridized carbons (Fsp3) is 0.412. The van der Waals surface area contributed by atoms with Gasteiger partial charge in [0.05, 0.1) is 22.5 Å². The van der Waals surface area contributed by atoms with E-state index in [1.807, 2.05) is 69.0 Å². The lowest BCUT2D eigenvalue weighted by Gasteiger charge is -2.35. The van der Waals surface area contributed by atoms with Crippen molar-refractivity contribution >= 4 is 46.8 Å². The van der Waals surface area contributed by atoms with Gasteiger partial charge in [0.25, 0.3) is 0 Å². The molecule has 0 saturated carbocycles. The number of amidine groups is 2. The Balaban J connectivity index is 0.842. The van der Waals surface area contributed by atoms with Gasteiger partial charge in [0, 0.05) is 103 Å². The van der Waals surface area contributed by atoms with Gasteiger partial charge in [-0.2, -0.15) is 0 Å². The van der Waals surface area contributed by atoms with Crippen LogP contribution in [0.15, 0.2) is 72.8 Å². The molecule has 0 aromatic heterocycles. The van der Waals surface area contributed by atoms with E-state index in [1.54, 1.807) is 23.1 Å². The summed E-state index contributed by atoms with van der Waals surface area (Å²) in [6, 6.07) is 19.1. The second kappa shape index (κ2) is 23.4. The van der Waals surface area contributed by atoms with Crippen LogP contribution in [0.25, 0.3) is 0 Å². The lowest BCUT2D eigenvalue weighted by molar-refractivity contribution is -0.133. The molecule has 0 bridgehead atoms. The first-order valence-corrected chi connectivity index (χ1v) is 23.7. The molecule has 6 rings (SSSR count). The van der Waals surface area contributed by atoms with Crippen molar-refractivity contribution < 1.29 is 39.6 Å². The lowest BCUT2D eigenvalue weighted by atomic mass is 9.98. The number of hydrogen-bond donors (Lipinski definition) is 9. The quantitative estimate of drug-likeness (QED) is 0.0292. The molecule has 4 aromatic carbocycles. The summed E-state index contributed by atoms with van der Waals surface area (Å²) in [5.74, 6) is 4.78. The van der Waals surface area contributed by atoms with Crippen molar-refractivity contribution in [1.82, 2.24) is 24.9 Å². The molecule has 2 heterocycles. The summed E-state index contributed by atoms with van der Waals surface area (Å²) in [4.78, 5) is 60.2. The monoisotopic (exact) mass is 962 g/mol. The van der Waals surface area contributed by atoms with Crippen LogP contribution in [0.3, 0.4) is 0 Å². The Bertz CT molecular complexity index is 2540. The maximum Gasteiger partial charge on any atom is 0.325 e. The van der Waals surface area contributed by atoms with Gasteiger partial charge in [-0.3, -0.25) is 40.0 Å². The van der Waals surface area contributed by atoms with Crippen LogP contribution in [0.2, 0.25) is 0 Å². The number of nitrogens with zero attached hydrogens (tertiary/aromatic N) is 6. The summed E-state index contributed by atoms with van der Waals surface area (Å²) < 4.78 is 0. The lowest BCUT2D eigenvalue weighted by Crippen LogP contribution is -2.48. The Hall–Kier alpha value is -7.22. The molecule has 11 N–H and O–H groups in total. The fourth-order valence-electron chi connectivity index (χ4n) is 8.69. The highest BCUT2D eigenvalue weighted by Gasteiger charge is 2.26. The number of anilines is 2. The van der Waals surface area contributed by atoms with E-state index in [4.69, 9.17) is 22.4 Å². The Labute approximate surface area is 408 Å². The van der Waals surface area contributed by atoms with Crippen molar-refractivity contribution in [3.63, 3.8) is 0 Å². The van der Waals surface area contributed by atoms with Crippen LogP contribution in [-0.2, 0) is 27.5 Å². The summed E-state index contributed by atoms with van der Waals surface area (Å²) in [5, 5.41) is 62.7. The van der Waals surface area contributed by atoms with Crippen molar-refractivity contribution in [2.45, 2.75) is 78.3 Å². The minimum absolute atomic E-state index is 0.00828. The Morgan fingerprint density at radius 2 is 1.03 bits per heavy atom. The molecular formula is C51H67N11O8. The fourth-order valence-corrected chi connectivity index (χ4v) is 8.69. The molecule has 0 spiro atoms. The van der Waals surface area contributed by atoms with E-state index in [0.29, 0.717) is 94.4 Å². The smallest absolute Gasteiger partial charge is 0.325 e. The Kier molecular flexibility index (Phi) is 17.4. The largest absolute Gasteiger partial charge is 0.508 e. The molecule has 0 aliphatic carbocycles. The zero-order valence-corrected chi connectivity index (χ0v) is 40.4. The number of urea groups is 1. The molecular weight excluding hydrogens is 895 g/mol. The molecule has 0 atom stereocenters. The topological polar surface area (TPSA) is 280 Å². The maximum atomic E-state index is 13.0. The summed E-state index contributed by atoms with van der Waals surface area (Å²) in [5.41, 5.74) is 9.99. The number of primary amides is 1. The van der Waals surface area contributed by atoms with Gasteiger partial charge >= 0.3 is 6.03 Å². The van der Waals surface area contributed by atoms with Gasteiger partial charge in [-0.15, -0.1) is 0 Å². The highest BCUT2D eigenvalue weighted by Crippen LogP contribution is 2.35. The molecule has 374 valence electrons. The average Bonchev–Trinajstić information content (AvgIpc) is 3.32. The van der Waals surface area contributed by atoms with Gasteiger partial charge in [0.2, 0.25) is 17.7 Å². The normalized spacial score (nSPS) is 14.4. The van der Waals surface area contributed by atoms with Crippen LogP contribution >= 0.6 is 0 Å². The molecule has 2 fully saturated rings. The van der Waals surface area contributed by atoms with Crippen LogP contribution in [-0.4, -0.2) is 134 Å². The van der Waals surface area contributed by atoms with Crippen molar-refractivity contribution in [3.05, 3.63) is 106 Å². The number of aromatic hydroxyl groups is 4.